The highest BCUT2D eigenvalue weighted by Crippen LogP contribution is 2.15. The predicted molar refractivity (Wildman–Crippen MR) is 227 cm³/mol. The first-order valence-corrected chi connectivity index (χ1v) is 21.3. The summed E-state index contributed by atoms with van der Waals surface area (Å²) in [5.41, 5.74) is 0. The van der Waals surface area contributed by atoms with Gasteiger partial charge in [0.25, 0.3) is 0 Å². The third-order valence-corrected chi connectivity index (χ3v) is 8.88. The first-order valence-electron chi connectivity index (χ1n) is 21.3. The fourth-order valence-corrected chi connectivity index (χ4v) is 5.62. The second-order valence-corrected chi connectivity index (χ2v) is 13.7. The molecule has 0 aliphatic carbocycles. The molecule has 0 saturated heterocycles. The monoisotopic (exact) mass is 738 g/mol. The topological polar surface area (TPSA) is 76.1 Å². The number of carbonyl (C=O) groups is 2. The Morgan fingerprint density at radius 3 is 1.70 bits per heavy atom. The molecule has 0 aromatic heterocycles. The number of hydrogen-bond acceptors (Lipinski definition) is 6. The van der Waals surface area contributed by atoms with Crippen LogP contribution in [0, 0.1) is 0 Å². The minimum absolute atomic E-state index is 0.0268. The molecule has 0 radical (unpaired) electrons. The molecule has 1 unspecified atom stereocenters. The lowest BCUT2D eigenvalue weighted by molar-refractivity contribution is -0.149. The van der Waals surface area contributed by atoms with E-state index in [1.807, 2.05) is 6.92 Å². The molecular formula is C47H79NO5. The first kappa shape index (κ1) is 50.0. The normalized spacial score (nSPS) is 13.2. The van der Waals surface area contributed by atoms with Crippen molar-refractivity contribution in [2.75, 3.05) is 32.8 Å². The number of rotatable bonds is 37. The average molecular weight is 738 g/mol. The van der Waals surface area contributed by atoms with Gasteiger partial charge in [-0.2, -0.15) is 0 Å². The molecule has 0 aromatic carbocycles. The number of nitrogens with zero attached hydrogens (tertiary/aromatic N) is 1. The molecule has 53 heavy (non-hydrogen) atoms. The van der Waals surface area contributed by atoms with Crippen LogP contribution >= 0.6 is 0 Å². The second kappa shape index (κ2) is 41.8. The Hall–Kier alpha value is -2.96. The Morgan fingerprint density at radius 1 is 0.566 bits per heavy atom. The number of ether oxygens (including phenoxy) is 2. The first-order chi connectivity index (χ1) is 26.1. The highest BCUT2D eigenvalue weighted by molar-refractivity contribution is 5.70. The van der Waals surface area contributed by atoms with Gasteiger partial charge < -0.3 is 19.5 Å². The molecule has 0 amide bonds. The largest absolute Gasteiger partial charge is 0.466 e. The number of likely N-dealkylation sites (N-methyl/N-ethyl adjacent to an activating group) is 1. The zero-order chi connectivity index (χ0) is 38.7. The summed E-state index contributed by atoms with van der Waals surface area (Å²) in [6.45, 7) is 9.08. The molecule has 6 nitrogen and oxygen atoms in total. The Bertz CT molecular complexity index is 1040. The molecule has 1 atom stereocenters. The quantitative estimate of drug-likeness (QED) is 0.0389. The van der Waals surface area contributed by atoms with Gasteiger partial charge in [-0.15, -0.1) is 0 Å². The maximum Gasteiger partial charge on any atom is 0.307 e. The van der Waals surface area contributed by atoms with Crippen molar-refractivity contribution in [3.63, 3.8) is 0 Å². The van der Waals surface area contributed by atoms with E-state index in [-0.39, 0.29) is 24.6 Å². The van der Waals surface area contributed by atoms with Crippen LogP contribution in [0.15, 0.2) is 85.1 Å². The van der Waals surface area contributed by atoms with Crippen LogP contribution in [0.4, 0.5) is 0 Å². The lowest BCUT2D eigenvalue weighted by Gasteiger charge is -2.18. The molecule has 1 N–H and O–H groups in total. The zero-order valence-corrected chi connectivity index (χ0v) is 34.3. The highest BCUT2D eigenvalue weighted by Gasteiger charge is 2.12. The van der Waals surface area contributed by atoms with Crippen molar-refractivity contribution in [3.8, 4) is 0 Å². The summed E-state index contributed by atoms with van der Waals surface area (Å²) in [6.07, 6.45) is 52.5. The molecule has 302 valence electrons. The van der Waals surface area contributed by atoms with Gasteiger partial charge in [-0.1, -0.05) is 151 Å². The van der Waals surface area contributed by atoms with Crippen molar-refractivity contribution in [3.05, 3.63) is 85.1 Å². The van der Waals surface area contributed by atoms with Gasteiger partial charge >= 0.3 is 11.9 Å². The summed E-state index contributed by atoms with van der Waals surface area (Å²) >= 11 is 0. The van der Waals surface area contributed by atoms with E-state index >= 15 is 0 Å². The molecule has 0 aliphatic rings. The summed E-state index contributed by atoms with van der Waals surface area (Å²) in [5.74, 6) is -0.235. The number of allylic oxidation sites excluding steroid dienone is 13. The SMILES string of the molecule is CC/C=C\C/C=C\C/C=C\C/C=C\C/C=C\C/C=C\CCC(=O)OC(C/C=C\CCCCCCCCOC(=O)CCN(CC)CCO)CCCCCC. The van der Waals surface area contributed by atoms with Crippen LogP contribution in [-0.4, -0.2) is 60.9 Å². The van der Waals surface area contributed by atoms with Gasteiger partial charge in [-0.25, -0.2) is 0 Å². The van der Waals surface area contributed by atoms with E-state index in [1.54, 1.807) is 0 Å². The number of aliphatic hydroxyl groups excluding tert-OH is 1. The third kappa shape index (κ3) is 38.6. The molecule has 0 aromatic rings. The minimum Gasteiger partial charge on any atom is -0.466 e. The summed E-state index contributed by atoms with van der Waals surface area (Å²) in [7, 11) is 0. The van der Waals surface area contributed by atoms with E-state index in [0.717, 1.165) is 96.4 Å². The Labute approximate surface area is 326 Å². The maximum atomic E-state index is 12.6. The standard InChI is InChI=1S/C47H79NO5/c1-4-7-9-11-12-13-14-15-16-17-18-19-20-21-22-25-28-31-35-39-47(51)53-45(37-33-10-8-5-2)38-34-30-27-24-23-26-29-32-36-44-52-46(50)40-41-48(6-3)42-43-49/h7,9,12-13,15-16,18-19,21-22,28,30-31,34,45,49H,4-6,8,10-11,14,17,20,23-27,29,32-33,35-44H2,1-3H3/b9-7-,13-12-,16-15-,19-18-,22-21-,31-28-,34-30-. The van der Waals surface area contributed by atoms with Crippen molar-refractivity contribution in [2.45, 2.75) is 168 Å². The Balaban J connectivity index is 4.08. The van der Waals surface area contributed by atoms with Crippen LogP contribution < -0.4 is 0 Å². The molecule has 0 aliphatic heterocycles. The van der Waals surface area contributed by atoms with Gasteiger partial charge in [-0.3, -0.25) is 9.59 Å². The number of aliphatic hydroxyl groups is 1. The highest BCUT2D eigenvalue weighted by atomic mass is 16.5. The molecule has 0 fully saturated rings. The van der Waals surface area contributed by atoms with Gasteiger partial charge in [0.15, 0.2) is 0 Å². The minimum atomic E-state index is -0.146. The molecular weight excluding hydrogens is 659 g/mol. The number of unbranched alkanes of at least 4 members (excludes halogenated alkanes) is 9. The van der Waals surface area contributed by atoms with Gasteiger partial charge in [-0.05, 0) is 83.6 Å². The number of carbonyl (C=O) groups excluding carboxylic acids is 2. The van der Waals surface area contributed by atoms with Crippen molar-refractivity contribution >= 4 is 11.9 Å². The van der Waals surface area contributed by atoms with Gasteiger partial charge in [0, 0.05) is 25.9 Å². The number of hydrogen-bond donors (Lipinski definition) is 1. The Morgan fingerprint density at radius 2 is 1.11 bits per heavy atom. The van der Waals surface area contributed by atoms with Crippen LogP contribution in [0.5, 0.6) is 0 Å². The predicted octanol–water partition coefficient (Wildman–Crippen LogP) is 12.3. The maximum absolute atomic E-state index is 12.6. The fraction of sp³-hybridized carbons (Fsp3) is 0.660. The molecule has 0 rings (SSSR count). The molecule has 0 heterocycles. The van der Waals surface area contributed by atoms with E-state index in [2.05, 4.69) is 104 Å². The molecule has 0 bridgehead atoms. The van der Waals surface area contributed by atoms with Crippen molar-refractivity contribution < 1.29 is 24.2 Å². The molecule has 0 spiro atoms. The second-order valence-electron chi connectivity index (χ2n) is 13.7. The van der Waals surface area contributed by atoms with E-state index in [9.17, 15) is 9.59 Å². The lowest BCUT2D eigenvalue weighted by Crippen LogP contribution is -2.29. The van der Waals surface area contributed by atoms with E-state index in [0.29, 0.717) is 32.5 Å². The van der Waals surface area contributed by atoms with Crippen LogP contribution in [0.25, 0.3) is 0 Å². The Kier molecular flexibility index (Phi) is 39.5. The van der Waals surface area contributed by atoms with Crippen LogP contribution in [0.2, 0.25) is 0 Å². The van der Waals surface area contributed by atoms with E-state index in [4.69, 9.17) is 14.6 Å². The lowest BCUT2D eigenvalue weighted by atomic mass is 10.1. The van der Waals surface area contributed by atoms with Crippen LogP contribution in [-0.2, 0) is 19.1 Å². The van der Waals surface area contributed by atoms with Crippen molar-refractivity contribution in [1.29, 1.82) is 0 Å². The van der Waals surface area contributed by atoms with Crippen LogP contribution in [0.1, 0.15) is 162 Å². The number of esters is 2. The molecule has 6 heteroatoms. The van der Waals surface area contributed by atoms with Gasteiger partial charge in [0.05, 0.1) is 19.6 Å². The van der Waals surface area contributed by atoms with Gasteiger partial charge in [0.1, 0.15) is 6.10 Å². The van der Waals surface area contributed by atoms with Crippen molar-refractivity contribution in [2.24, 2.45) is 0 Å². The fourth-order valence-electron chi connectivity index (χ4n) is 5.62. The van der Waals surface area contributed by atoms with Crippen molar-refractivity contribution in [1.82, 2.24) is 4.90 Å². The van der Waals surface area contributed by atoms with Crippen LogP contribution in [0.3, 0.4) is 0 Å². The summed E-state index contributed by atoms with van der Waals surface area (Å²) in [5, 5.41) is 9.04. The third-order valence-electron chi connectivity index (χ3n) is 8.88. The zero-order valence-electron chi connectivity index (χ0n) is 34.3. The molecule has 0 saturated carbocycles. The summed E-state index contributed by atoms with van der Waals surface area (Å²) in [4.78, 5) is 26.6. The summed E-state index contributed by atoms with van der Waals surface area (Å²) in [6, 6.07) is 0. The van der Waals surface area contributed by atoms with E-state index < -0.39 is 0 Å². The summed E-state index contributed by atoms with van der Waals surface area (Å²) < 4.78 is 11.3. The van der Waals surface area contributed by atoms with Gasteiger partial charge in [0.2, 0.25) is 0 Å². The smallest absolute Gasteiger partial charge is 0.307 e. The van der Waals surface area contributed by atoms with E-state index in [1.165, 1.54) is 38.5 Å². The average Bonchev–Trinajstić information content (AvgIpc) is 3.16.